The Balaban J connectivity index is 2.95. The summed E-state index contributed by atoms with van der Waals surface area (Å²) in [6, 6.07) is 0. The molecule has 16 heavy (non-hydrogen) atoms. The zero-order valence-corrected chi connectivity index (χ0v) is 10.7. The number of likely N-dealkylation sites (tertiary alicyclic amines) is 1. The lowest BCUT2D eigenvalue weighted by Crippen LogP contribution is -2.59. The van der Waals surface area contributed by atoms with Crippen molar-refractivity contribution in [3.05, 3.63) is 0 Å². The maximum absolute atomic E-state index is 11.6. The molecule has 0 bridgehead atoms. The van der Waals surface area contributed by atoms with Gasteiger partial charge in [-0.25, -0.2) is 4.79 Å². The van der Waals surface area contributed by atoms with E-state index >= 15 is 0 Å². The van der Waals surface area contributed by atoms with Gasteiger partial charge in [-0.1, -0.05) is 0 Å². The van der Waals surface area contributed by atoms with E-state index in [9.17, 15) is 9.59 Å². The number of nitrogens with zero attached hydrogens (tertiary/aromatic N) is 1. The monoisotopic (exact) mass is 227 g/mol. The van der Waals surface area contributed by atoms with E-state index in [1.54, 1.807) is 0 Å². The fourth-order valence-electron chi connectivity index (χ4n) is 2.73. The average Bonchev–Trinajstić information content (AvgIpc) is 2.11. The molecule has 4 heteroatoms. The summed E-state index contributed by atoms with van der Waals surface area (Å²) in [5, 5.41) is 8.78. The second-order valence-electron chi connectivity index (χ2n) is 5.96. The summed E-state index contributed by atoms with van der Waals surface area (Å²) in [6.45, 7) is 8.21. The average molecular weight is 227 g/mol. The van der Waals surface area contributed by atoms with Crippen molar-refractivity contribution in [3.63, 3.8) is 0 Å². The van der Waals surface area contributed by atoms with Gasteiger partial charge < -0.3 is 5.11 Å². The van der Waals surface area contributed by atoms with Crippen LogP contribution in [0.15, 0.2) is 0 Å². The van der Waals surface area contributed by atoms with Gasteiger partial charge in [-0.15, -0.1) is 0 Å². The first kappa shape index (κ1) is 13.2. The molecule has 1 aliphatic rings. The second-order valence-corrected chi connectivity index (χ2v) is 5.96. The molecule has 0 aliphatic carbocycles. The number of hydrogen-bond donors (Lipinski definition) is 1. The number of rotatable bonds is 2. The van der Waals surface area contributed by atoms with Crippen molar-refractivity contribution < 1.29 is 14.7 Å². The molecule has 92 valence electrons. The molecule has 0 aromatic heterocycles. The number of carboxylic acid groups (broad SMARTS) is 1. The second kappa shape index (κ2) is 3.84. The Hall–Kier alpha value is -0.900. The highest BCUT2D eigenvalue weighted by atomic mass is 16.4. The summed E-state index contributed by atoms with van der Waals surface area (Å²) < 4.78 is 0. The quantitative estimate of drug-likeness (QED) is 0.727. The maximum Gasteiger partial charge on any atom is 0.372 e. The van der Waals surface area contributed by atoms with Gasteiger partial charge in [0.05, 0.1) is 0 Å². The van der Waals surface area contributed by atoms with E-state index < -0.39 is 11.8 Å². The van der Waals surface area contributed by atoms with Crippen molar-refractivity contribution in [3.8, 4) is 0 Å². The Labute approximate surface area is 96.6 Å². The third-order valence-electron chi connectivity index (χ3n) is 3.89. The number of piperidine rings is 1. The molecule has 0 saturated carbocycles. The molecule has 0 aromatic rings. The van der Waals surface area contributed by atoms with Crippen LogP contribution in [0.2, 0.25) is 0 Å². The normalized spacial score (nSPS) is 25.3. The summed E-state index contributed by atoms with van der Waals surface area (Å²) in [7, 11) is 2.03. The highest BCUT2D eigenvalue weighted by molar-refractivity contribution is 6.33. The molecule has 0 radical (unpaired) electrons. The lowest BCUT2D eigenvalue weighted by molar-refractivity contribution is -0.154. The van der Waals surface area contributed by atoms with Crippen LogP contribution in [0.3, 0.4) is 0 Å². The predicted octanol–water partition coefficient (Wildman–Crippen LogP) is 1.54. The predicted molar refractivity (Wildman–Crippen MR) is 61.3 cm³/mol. The van der Waals surface area contributed by atoms with E-state index in [0.29, 0.717) is 12.8 Å². The number of hydrogen-bond acceptors (Lipinski definition) is 3. The number of aliphatic carboxylic acids is 1. The minimum Gasteiger partial charge on any atom is -0.475 e. The Bertz CT molecular complexity index is 302. The highest BCUT2D eigenvalue weighted by Gasteiger charge is 2.46. The van der Waals surface area contributed by atoms with Gasteiger partial charge in [-0.05, 0) is 47.6 Å². The van der Waals surface area contributed by atoms with Gasteiger partial charge in [0.25, 0.3) is 0 Å². The number of carbonyl (C=O) groups is 2. The molecular weight excluding hydrogens is 206 g/mol. The lowest BCUT2D eigenvalue weighted by atomic mass is 9.72. The van der Waals surface area contributed by atoms with Crippen LogP contribution in [-0.4, -0.2) is 39.9 Å². The fourth-order valence-corrected chi connectivity index (χ4v) is 2.73. The van der Waals surface area contributed by atoms with Gasteiger partial charge in [0.15, 0.2) is 0 Å². The van der Waals surface area contributed by atoms with Crippen molar-refractivity contribution in [2.75, 3.05) is 7.05 Å². The molecule has 4 nitrogen and oxygen atoms in total. The molecule has 0 aromatic carbocycles. The molecule has 1 rings (SSSR count). The number of carbonyl (C=O) groups excluding carboxylic acids is 1. The molecule has 1 heterocycles. The van der Waals surface area contributed by atoms with Crippen LogP contribution < -0.4 is 0 Å². The lowest BCUT2D eigenvalue weighted by Gasteiger charge is -2.53. The molecule has 0 spiro atoms. The summed E-state index contributed by atoms with van der Waals surface area (Å²) >= 11 is 0. The van der Waals surface area contributed by atoms with Crippen LogP contribution in [0.5, 0.6) is 0 Å². The van der Waals surface area contributed by atoms with Gasteiger partial charge in [0, 0.05) is 17.0 Å². The van der Waals surface area contributed by atoms with Crippen LogP contribution in [0.4, 0.5) is 0 Å². The zero-order chi connectivity index (χ0) is 12.7. The summed E-state index contributed by atoms with van der Waals surface area (Å²) in [5.41, 5.74) is -0.283. The minimum atomic E-state index is -1.30. The Morgan fingerprint density at radius 3 is 1.81 bits per heavy atom. The first-order chi connectivity index (χ1) is 7.08. The van der Waals surface area contributed by atoms with E-state index in [-0.39, 0.29) is 17.0 Å². The van der Waals surface area contributed by atoms with E-state index in [4.69, 9.17) is 5.11 Å². The Morgan fingerprint density at radius 1 is 1.12 bits per heavy atom. The van der Waals surface area contributed by atoms with E-state index in [2.05, 4.69) is 32.6 Å². The van der Waals surface area contributed by atoms with Gasteiger partial charge >= 0.3 is 5.97 Å². The van der Waals surface area contributed by atoms with Gasteiger partial charge in [0.1, 0.15) is 0 Å². The molecule has 0 unspecified atom stereocenters. The van der Waals surface area contributed by atoms with E-state index in [0.717, 1.165) is 0 Å². The first-order valence-electron chi connectivity index (χ1n) is 5.59. The summed E-state index contributed by atoms with van der Waals surface area (Å²) in [6.07, 6.45) is 1.22. The summed E-state index contributed by atoms with van der Waals surface area (Å²) in [4.78, 5) is 24.5. The largest absolute Gasteiger partial charge is 0.475 e. The molecule has 0 amide bonds. The van der Waals surface area contributed by atoms with Gasteiger partial charge in [-0.2, -0.15) is 0 Å². The molecule has 1 fully saturated rings. The van der Waals surface area contributed by atoms with Gasteiger partial charge in [-0.3, -0.25) is 9.69 Å². The Morgan fingerprint density at radius 2 is 1.50 bits per heavy atom. The van der Waals surface area contributed by atoms with Crippen molar-refractivity contribution in [1.82, 2.24) is 4.90 Å². The topological polar surface area (TPSA) is 57.6 Å². The van der Waals surface area contributed by atoms with Crippen molar-refractivity contribution >= 4 is 11.8 Å². The van der Waals surface area contributed by atoms with Crippen LogP contribution in [-0.2, 0) is 9.59 Å². The third kappa shape index (κ3) is 2.26. The smallest absolute Gasteiger partial charge is 0.372 e. The van der Waals surface area contributed by atoms with E-state index in [1.807, 2.05) is 7.05 Å². The van der Waals surface area contributed by atoms with Crippen LogP contribution in [0.25, 0.3) is 0 Å². The minimum absolute atomic E-state index is 0.141. The summed E-state index contributed by atoms with van der Waals surface area (Å²) in [5.74, 6) is -2.31. The van der Waals surface area contributed by atoms with Crippen LogP contribution in [0.1, 0.15) is 40.5 Å². The molecule has 1 saturated heterocycles. The first-order valence-corrected chi connectivity index (χ1v) is 5.59. The maximum atomic E-state index is 11.6. The van der Waals surface area contributed by atoms with Gasteiger partial charge in [0.2, 0.25) is 5.78 Å². The van der Waals surface area contributed by atoms with Crippen molar-refractivity contribution in [1.29, 1.82) is 0 Å². The Kier molecular flexibility index (Phi) is 3.16. The van der Waals surface area contributed by atoms with Crippen molar-refractivity contribution in [2.45, 2.75) is 51.6 Å². The molecule has 1 aliphatic heterocycles. The molecule has 1 N–H and O–H groups in total. The van der Waals surface area contributed by atoms with Crippen LogP contribution >= 0.6 is 0 Å². The van der Waals surface area contributed by atoms with E-state index in [1.165, 1.54) is 0 Å². The SMILES string of the molecule is CN1C(C)(C)CC(C(=O)C(=O)O)CC1(C)C. The number of carboxylic acids is 1. The highest BCUT2D eigenvalue weighted by Crippen LogP contribution is 2.40. The number of Topliss-reactive ketones (excluding diaryl/α,β-unsaturated/α-hetero) is 1. The zero-order valence-electron chi connectivity index (χ0n) is 10.7. The molecular formula is C12H21NO3. The third-order valence-corrected chi connectivity index (χ3v) is 3.89. The van der Waals surface area contributed by atoms with Crippen molar-refractivity contribution in [2.24, 2.45) is 5.92 Å². The number of ketones is 1. The molecule has 0 atom stereocenters. The standard InChI is InChI=1S/C12H21NO3/c1-11(2)6-8(9(14)10(15)16)7-12(3,4)13(11)5/h8H,6-7H2,1-5H3,(H,15,16). The van der Waals surface area contributed by atoms with Crippen LogP contribution in [0, 0.1) is 5.92 Å². The fraction of sp³-hybridized carbons (Fsp3) is 0.833.